The molecular formula is C15H19ClN4OS2. The van der Waals surface area contributed by atoms with Crippen LogP contribution in [-0.2, 0) is 4.79 Å². The van der Waals surface area contributed by atoms with Crippen LogP contribution in [0.3, 0.4) is 0 Å². The highest BCUT2D eigenvalue weighted by atomic mass is 35.5. The molecule has 0 aliphatic rings. The topological polar surface area (TPSA) is 80.9 Å². The van der Waals surface area contributed by atoms with Gasteiger partial charge in [-0.3, -0.25) is 4.79 Å². The van der Waals surface area contributed by atoms with Crippen molar-refractivity contribution in [3.05, 3.63) is 28.7 Å². The van der Waals surface area contributed by atoms with Gasteiger partial charge in [-0.1, -0.05) is 48.5 Å². The van der Waals surface area contributed by atoms with Gasteiger partial charge in [-0.05, 0) is 31.0 Å². The summed E-state index contributed by atoms with van der Waals surface area (Å²) in [6, 6.07) is 5.45. The third kappa shape index (κ3) is 4.23. The fourth-order valence-corrected chi connectivity index (χ4v) is 3.91. The number of aromatic nitrogens is 2. The third-order valence-corrected chi connectivity index (χ3v) is 6.23. The molecule has 1 amide bonds. The monoisotopic (exact) mass is 370 g/mol. The SMILES string of the molecule is CCC(CC)(CN)C(=O)Nc1ccc(Sc2nncs2)c(Cl)c1. The lowest BCUT2D eigenvalue weighted by molar-refractivity contribution is -0.125. The van der Waals surface area contributed by atoms with Crippen molar-refractivity contribution in [1.29, 1.82) is 0 Å². The Morgan fingerprint density at radius 2 is 2.17 bits per heavy atom. The Balaban J connectivity index is 2.12. The minimum absolute atomic E-state index is 0.0643. The number of carbonyl (C=O) groups is 1. The van der Waals surface area contributed by atoms with E-state index in [4.69, 9.17) is 17.3 Å². The summed E-state index contributed by atoms with van der Waals surface area (Å²) in [6.07, 6.45) is 1.40. The van der Waals surface area contributed by atoms with E-state index in [-0.39, 0.29) is 5.91 Å². The zero-order valence-corrected chi connectivity index (χ0v) is 15.4. The lowest BCUT2D eigenvalue weighted by Crippen LogP contribution is -2.41. The summed E-state index contributed by atoms with van der Waals surface area (Å²) in [6.45, 7) is 4.28. The summed E-state index contributed by atoms with van der Waals surface area (Å²) >= 11 is 9.21. The van der Waals surface area contributed by atoms with Crippen LogP contribution in [0.2, 0.25) is 5.02 Å². The predicted octanol–water partition coefficient (Wildman–Crippen LogP) is 4.05. The summed E-state index contributed by atoms with van der Waals surface area (Å²) in [4.78, 5) is 13.4. The fourth-order valence-electron chi connectivity index (χ4n) is 2.18. The molecule has 1 aromatic heterocycles. The van der Waals surface area contributed by atoms with E-state index >= 15 is 0 Å². The molecule has 0 bridgehead atoms. The van der Waals surface area contributed by atoms with Crippen molar-refractivity contribution in [3.63, 3.8) is 0 Å². The first-order valence-corrected chi connectivity index (χ1v) is 9.37. The Bertz CT molecular complexity index is 651. The number of nitrogens with two attached hydrogens (primary N) is 1. The standard InChI is InChI=1S/C15H19ClN4OS2/c1-3-15(4-2,8-17)13(21)19-10-5-6-12(11(16)7-10)23-14-20-18-9-22-14/h5-7,9H,3-4,8,17H2,1-2H3,(H,19,21). The van der Waals surface area contributed by atoms with E-state index in [1.807, 2.05) is 26.0 Å². The Morgan fingerprint density at radius 3 is 2.70 bits per heavy atom. The molecule has 0 unspecified atom stereocenters. The Morgan fingerprint density at radius 1 is 1.43 bits per heavy atom. The maximum absolute atomic E-state index is 12.5. The van der Waals surface area contributed by atoms with Crippen LogP contribution in [0.15, 0.2) is 32.9 Å². The van der Waals surface area contributed by atoms with Gasteiger partial charge in [-0.15, -0.1) is 10.2 Å². The van der Waals surface area contributed by atoms with Crippen LogP contribution in [0.1, 0.15) is 26.7 Å². The van der Waals surface area contributed by atoms with Gasteiger partial charge in [-0.2, -0.15) is 0 Å². The smallest absolute Gasteiger partial charge is 0.231 e. The van der Waals surface area contributed by atoms with Crippen LogP contribution < -0.4 is 11.1 Å². The highest BCUT2D eigenvalue weighted by molar-refractivity contribution is 8.01. The predicted molar refractivity (Wildman–Crippen MR) is 96.2 cm³/mol. The van der Waals surface area contributed by atoms with Gasteiger partial charge in [-0.25, -0.2) is 0 Å². The summed E-state index contributed by atoms with van der Waals surface area (Å²) in [7, 11) is 0. The van der Waals surface area contributed by atoms with Gasteiger partial charge in [0.1, 0.15) is 5.51 Å². The zero-order valence-electron chi connectivity index (χ0n) is 13.0. The normalized spacial score (nSPS) is 11.5. The van der Waals surface area contributed by atoms with E-state index in [0.29, 0.717) is 30.1 Å². The quantitative estimate of drug-likeness (QED) is 0.768. The highest BCUT2D eigenvalue weighted by Gasteiger charge is 2.33. The van der Waals surface area contributed by atoms with Crippen LogP contribution >= 0.6 is 34.7 Å². The van der Waals surface area contributed by atoms with Crippen molar-refractivity contribution < 1.29 is 4.79 Å². The number of benzene rings is 1. The van der Waals surface area contributed by atoms with Crippen molar-refractivity contribution in [2.45, 2.75) is 35.9 Å². The van der Waals surface area contributed by atoms with E-state index < -0.39 is 5.41 Å². The molecule has 0 aliphatic carbocycles. The fraction of sp³-hybridized carbons (Fsp3) is 0.400. The third-order valence-electron chi connectivity index (χ3n) is 3.95. The molecule has 0 saturated carbocycles. The second-order valence-electron chi connectivity index (χ2n) is 5.10. The lowest BCUT2D eigenvalue weighted by Gasteiger charge is -2.28. The van der Waals surface area contributed by atoms with Gasteiger partial charge in [0.05, 0.1) is 10.4 Å². The lowest BCUT2D eigenvalue weighted by atomic mass is 9.81. The van der Waals surface area contributed by atoms with E-state index in [9.17, 15) is 4.79 Å². The Kier molecular flexibility index (Phi) is 6.41. The average molecular weight is 371 g/mol. The number of hydrogen-bond donors (Lipinski definition) is 2. The first-order chi connectivity index (χ1) is 11.0. The van der Waals surface area contributed by atoms with E-state index in [1.165, 1.54) is 23.1 Å². The van der Waals surface area contributed by atoms with Gasteiger partial charge < -0.3 is 11.1 Å². The minimum atomic E-state index is -0.535. The van der Waals surface area contributed by atoms with Crippen LogP contribution in [0, 0.1) is 5.41 Å². The number of amides is 1. The first kappa shape index (κ1) is 18.2. The van der Waals surface area contributed by atoms with Crippen molar-refractivity contribution in [1.82, 2.24) is 10.2 Å². The number of carbonyl (C=O) groups excluding carboxylic acids is 1. The molecule has 2 rings (SSSR count). The summed E-state index contributed by atoms with van der Waals surface area (Å²) < 4.78 is 0.822. The van der Waals surface area contributed by atoms with Crippen molar-refractivity contribution in [2.24, 2.45) is 11.1 Å². The second-order valence-corrected chi connectivity index (χ2v) is 7.63. The minimum Gasteiger partial charge on any atom is -0.329 e. The van der Waals surface area contributed by atoms with E-state index in [2.05, 4.69) is 15.5 Å². The molecule has 1 heterocycles. The molecule has 8 heteroatoms. The summed E-state index contributed by atoms with van der Waals surface area (Å²) in [5.74, 6) is -0.0643. The maximum Gasteiger partial charge on any atom is 0.231 e. The number of rotatable bonds is 7. The Hall–Kier alpha value is -1.15. The van der Waals surface area contributed by atoms with E-state index in [0.717, 1.165) is 9.24 Å². The number of nitrogens with one attached hydrogen (secondary N) is 1. The van der Waals surface area contributed by atoms with E-state index in [1.54, 1.807) is 11.6 Å². The molecule has 0 saturated heterocycles. The molecule has 23 heavy (non-hydrogen) atoms. The molecule has 0 atom stereocenters. The molecule has 1 aromatic carbocycles. The summed E-state index contributed by atoms with van der Waals surface area (Å²) in [5.41, 5.74) is 7.62. The van der Waals surface area contributed by atoms with Gasteiger partial charge in [0.15, 0.2) is 4.34 Å². The average Bonchev–Trinajstić information content (AvgIpc) is 3.05. The molecule has 5 nitrogen and oxygen atoms in total. The zero-order chi connectivity index (χ0) is 16.9. The number of anilines is 1. The van der Waals surface area contributed by atoms with Crippen LogP contribution in [0.4, 0.5) is 5.69 Å². The van der Waals surface area contributed by atoms with Gasteiger partial charge in [0.25, 0.3) is 0 Å². The largest absolute Gasteiger partial charge is 0.329 e. The van der Waals surface area contributed by atoms with Crippen molar-refractivity contribution >= 4 is 46.3 Å². The summed E-state index contributed by atoms with van der Waals surface area (Å²) in [5, 5.41) is 11.3. The molecule has 2 aromatic rings. The number of nitrogens with zero attached hydrogens (tertiary/aromatic N) is 2. The van der Waals surface area contributed by atoms with Crippen LogP contribution in [0.25, 0.3) is 0 Å². The molecular weight excluding hydrogens is 352 g/mol. The number of halogens is 1. The Labute approximate surface area is 149 Å². The second kappa shape index (κ2) is 8.10. The van der Waals surface area contributed by atoms with Gasteiger partial charge >= 0.3 is 0 Å². The van der Waals surface area contributed by atoms with Crippen LogP contribution in [0.5, 0.6) is 0 Å². The van der Waals surface area contributed by atoms with Crippen LogP contribution in [-0.4, -0.2) is 22.6 Å². The highest BCUT2D eigenvalue weighted by Crippen LogP contribution is 2.36. The molecule has 0 radical (unpaired) electrons. The van der Waals surface area contributed by atoms with Gasteiger partial charge in [0, 0.05) is 17.1 Å². The molecule has 3 N–H and O–H groups in total. The molecule has 124 valence electrons. The molecule has 0 spiro atoms. The molecule has 0 fully saturated rings. The van der Waals surface area contributed by atoms with Crippen molar-refractivity contribution in [2.75, 3.05) is 11.9 Å². The van der Waals surface area contributed by atoms with Gasteiger partial charge in [0.2, 0.25) is 5.91 Å². The van der Waals surface area contributed by atoms with Crippen molar-refractivity contribution in [3.8, 4) is 0 Å². The first-order valence-electron chi connectivity index (χ1n) is 7.29. The molecule has 0 aliphatic heterocycles. The maximum atomic E-state index is 12.5. The number of hydrogen-bond acceptors (Lipinski definition) is 6.